The monoisotopic (exact) mass is 381 g/mol. The van der Waals surface area contributed by atoms with Crippen LogP contribution in [0, 0.1) is 18.6 Å². The van der Waals surface area contributed by atoms with Crippen molar-refractivity contribution in [2.24, 2.45) is 0 Å². The van der Waals surface area contributed by atoms with Crippen LogP contribution in [0.25, 0.3) is 0 Å². The van der Waals surface area contributed by atoms with Gasteiger partial charge in [0.2, 0.25) is 12.0 Å². The molecule has 1 heterocycles. The first-order valence-corrected chi connectivity index (χ1v) is 9.50. The number of allylic oxidation sites excluding steroid dienone is 2. The molecule has 1 aromatic rings. The van der Waals surface area contributed by atoms with Crippen molar-refractivity contribution < 1.29 is 22.9 Å². The third kappa shape index (κ3) is 8.91. The van der Waals surface area contributed by atoms with Crippen LogP contribution in [0.5, 0.6) is 0 Å². The summed E-state index contributed by atoms with van der Waals surface area (Å²) in [5.41, 5.74) is 1.57. The first-order valence-electron chi connectivity index (χ1n) is 9.50. The second-order valence-corrected chi connectivity index (χ2v) is 6.46. The van der Waals surface area contributed by atoms with Crippen LogP contribution in [0.1, 0.15) is 45.1 Å². The Balaban J connectivity index is 0.000000241. The molecule has 0 spiro atoms. The Morgan fingerprint density at radius 2 is 1.78 bits per heavy atom. The number of rotatable bonds is 5. The van der Waals surface area contributed by atoms with Gasteiger partial charge in [0.15, 0.2) is 6.29 Å². The van der Waals surface area contributed by atoms with E-state index in [4.69, 9.17) is 4.74 Å². The summed E-state index contributed by atoms with van der Waals surface area (Å²) in [5.74, 6) is -0.515. The summed E-state index contributed by atoms with van der Waals surface area (Å²) in [4.78, 5) is 10.8. The maximum atomic E-state index is 12.2. The van der Waals surface area contributed by atoms with Gasteiger partial charge in [-0.2, -0.15) is 4.58 Å². The lowest BCUT2D eigenvalue weighted by atomic mass is 10.2. The predicted molar refractivity (Wildman–Crippen MR) is 104 cm³/mol. The maximum absolute atomic E-state index is 12.2. The summed E-state index contributed by atoms with van der Waals surface area (Å²) < 4.78 is 32.1. The molecule has 0 aromatic heterocycles. The zero-order chi connectivity index (χ0) is 20.2. The SMILES string of the molecule is CCNC.CC[N+]1=CC/1=C(\C=O)OC1CCCC1.Cc1cc(F)cc(F)c1. The summed E-state index contributed by atoms with van der Waals surface area (Å²) >= 11 is 0. The van der Waals surface area contributed by atoms with Crippen molar-refractivity contribution in [3.05, 3.63) is 46.9 Å². The van der Waals surface area contributed by atoms with E-state index in [2.05, 4.69) is 19.2 Å². The summed E-state index contributed by atoms with van der Waals surface area (Å²) in [5, 5.41) is 2.93. The number of carbonyl (C=O) groups excluding carboxylic acids is 1. The Labute approximate surface area is 160 Å². The van der Waals surface area contributed by atoms with Gasteiger partial charge in [0.1, 0.15) is 18.2 Å². The van der Waals surface area contributed by atoms with E-state index < -0.39 is 11.6 Å². The molecule has 2 aliphatic rings. The molecule has 1 aromatic carbocycles. The molecule has 6 heteroatoms. The minimum Gasteiger partial charge on any atom is -0.481 e. The number of aldehydes is 1. The Bertz CT molecular complexity index is 614. The molecule has 150 valence electrons. The number of hydrogen-bond acceptors (Lipinski definition) is 3. The van der Waals surface area contributed by atoms with Gasteiger partial charge in [-0.3, -0.25) is 4.79 Å². The molecule has 1 N–H and O–H groups in total. The van der Waals surface area contributed by atoms with E-state index in [9.17, 15) is 13.6 Å². The van der Waals surface area contributed by atoms with Crippen LogP contribution in [0.15, 0.2) is 29.7 Å². The summed E-state index contributed by atoms with van der Waals surface area (Å²) in [6, 6.07) is 3.42. The van der Waals surface area contributed by atoms with Gasteiger partial charge in [-0.25, -0.2) is 8.78 Å². The van der Waals surface area contributed by atoms with Crippen molar-refractivity contribution in [1.29, 1.82) is 0 Å². The largest absolute Gasteiger partial charge is 0.481 e. The minimum absolute atomic E-state index is 0.274. The topological polar surface area (TPSA) is 41.3 Å². The van der Waals surface area contributed by atoms with Crippen molar-refractivity contribution >= 4 is 12.5 Å². The van der Waals surface area contributed by atoms with E-state index in [1.807, 2.05) is 17.8 Å². The lowest BCUT2D eigenvalue weighted by molar-refractivity contribution is -0.401. The van der Waals surface area contributed by atoms with Crippen molar-refractivity contribution in [3.8, 4) is 0 Å². The highest BCUT2D eigenvalue weighted by atomic mass is 19.1. The van der Waals surface area contributed by atoms with Crippen LogP contribution >= 0.6 is 0 Å². The molecule has 27 heavy (non-hydrogen) atoms. The van der Waals surface area contributed by atoms with Gasteiger partial charge in [0, 0.05) is 6.07 Å². The van der Waals surface area contributed by atoms with Crippen LogP contribution in [-0.4, -0.2) is 43.3 Å². The van der Waals surface area contributed by atoms with Gasteiger partial charge in [0.05, 0.1) is 6.10 Å². The van der Waals surface area contributed by atoms with E-state index in [0.29, 0.717) is 11.3 Å². The zero-order valence-corrected chi connectivity index (χ0v) is 16.7. The van der Waals surface area contributed by atoms with Crippen LogP contribution in [0.4, 0.5) is 8.78 Å². The van der Waals surface area contributed by atoms with Crippen molar-refractivity contribution in [2.75, 3.05) is 20.1 Å². The molecule has 0 bridgehead atoms. The van der Waals surface area contributed by atoms with Crippen LogP contribution in [-0.2, 0) is 9.53 Å². The van der Waals surface area contributed by atoms with E-state index in [1.165, 1.54) is 25.0 Å². The highest BCUT2D eigenvalue weighted by molar-refractivity contribution is 5.89. The summed E-state index contributed by atoms with van der Waals surface area (Å²) in [6.07, 6.45) is 7.71. The van der Waals surface area contributed by atoms with Gasteiger partial charge < -0.3 is 10.1 Å². The molecular formula is C21H31F2N2O2+. The normalized spacial score (nSPS) is 17.0. The third-order valence-electron chi connectivity index (χ3n) is 4.18. The average Bonchev–Trinajstić information content (AvgIpc) is 3.24. The molecule has 0 unspecified atom stereocenters. The van der Waals surface area contributed by atoms with Gasteiger partial charge in [-0.15, -0.1) is 0 Å². The number of aryl methyl sites for hydroxylation is 1. The van der Waals surface area contributed by atoms with E-state index in [1.54, 1.807) is 6.92 Å². The van der Waals surface area contributed by atoms with E-state index >= 15 is 0 Å². The number of hydrogen-bond donors (Lipinski definition) is 1. The molecule has 3 rings (SSSR count). The molecular weight excluding hydrogens is 350 g/mol. The van der Waals surface area contributed by atoms with Gasteiger partial charge in [-0.05, 0) is 70.8 Å². The Morgan fingerprint density at radius 3 is 2.15 bits per heavy atom. The van der Waals surface area contributed by atoms with E-state index in [-0.39, 0.29) is 6.10 Å². The number of ether oxygens (including phenoxy) is 1. The van der Waals surface area contributed by atoms with Crippen LogP contribution in [0.2, 0.25) is 0 Å². The highest BCUT2D eigenvalue weighted by Crippen LogP contribution is 2.25. The Hall–Kier alpha value is -2.08. The average molecular weight is 381 g/mol. The fraction of sp³-hybridized carbons (Fsp3) is 0.524. The van der Waals surface area contributed by atoms with Gasteiger partial charge in [0.25, 0.3) is 0 Å². The first kappa shape index (κ1) is 23.0. The molecule has 0 radical (unpaired) electrons. The lowest BCUT2D eigenvalue weighted by Crippen LogP contribution is -2.09. The second kappa shape index (κ2) is 12.3. The Morgan fingerprint density at radius 1 is 1.22 bits per heavy atom. The van der Waals surface area contributed by atoms with Crippen molar-refractivity contribution in [2.45, 2.75) is 52.6 Å². The van der Waals surface area contributed by atoms with Gasteiger partial charge >= 0.3 is 5.70 Å². The predicted octanol–water partition coefficient (Wildman–Crippen LogP) is 3.97. The quantitative estimate of drug-likeness (QED) is 0.363. The fourth-order valence-corrected chi connectivity index (χ4v) is 2.61. The summed E-state index contributed by atoms with van der Waals surface area (Å²) in [7, 11) is 1.93. The van der Waals surface area contributed by atoms with Crippen molar-refractivity contribution in [1.82, 2.24) is 5.32 Å². The number of nitrogens with one attached hydrogen (secondary N) is 1. The van der Waals surface area contributed by atoms with Crippen LogP contribution in [0.3, 0.4) is 0 Å². The number of benzene rings is 1. The first-order chi connectivity index (χ1) is 12.9. The smallest absolute Gasteiger partial charge is 0.315 e. The second-order valence-electron chi connectivity index (χ2n) is 6.46. The number of nitrogens with zero attached hydrogens (tertiary/aromatic N) is 1. The highest BCUT2D eigenvalue weighted by Gasteiger charge is 2.34. The van der Waals surface area contributed by atoms with Crippen molar-refractivity contribution in [3.63, 3.8) is 0 Å². The van der Waals surface area contributed by atoms with Crippen LogP contribution < -0.4 is 5.32 Å². The molecule has 1 saturated carbocycles. The molecule has 1 aliphatic carbocycles. The Kier molecular flexibility index (Phi) is 10.5. The maximum Gasteiger partial charge on any atom is 0.315 e. The fourth-order valence-electron chi connectivity index (χ4n) is 2.61. The lowest BCUT2D eigenvalue weighted by Gasteiger charge is -2.09. The van der Waals surface area contributed by atoms with E-state index in [0.717, 1.165) is 44.0 Å². The molecule has 0 saturated heterocycles. The molecule has 4 nitrogen and oxygen atoms in total. The zero-order valence-electron chi connectivity index (χ0n) is 16.7. The molecule has 0 atom stereocenters. The molecule has 1 fully saturated rings. The minimum atomic E-state index is -0.521. The molecule has 1 aliphatic heterocycles. The standard InChI is InChI=1S/C11H16NO2.C7H6F2.C3H9N/c1-2-12-7-10(12)11(8-13)14-9-5-3-4-6-9;1-5-2-6(8)4-7(9)3-5;1-3-4-2/h7-9H,2-6H2,1H3;2-4H,1H3;4H,3H2,1-2H3/q+1;;/b11-10-;;. The van der Waals surface area contributed by atoms with Gasteiger partial charge in [-0.1, -0.05) is 6.92 Å². The third-order valence-corrected chi connectivity index (χ3v) is 4.18. The summed E-state index contributed by atoms with van der Waals surface area (Å²) in [6.45, 7) is 7.76. The molecule has 0 amide bonds. The number of halogens is 2. The number of carbonyl (C=O) groups is 1.